The average Bonchev–Trinajstić information content (AvgIpc) is 3.30. The van der Waals surface area contributed by atoms with E-state index in [1.54, 1.807) is 18.2 Å². The van der Waals surface area contributed by atoms with Gasteiger partial charge in [0.25, 0.3) is 11.8 Å². The molecule has 2 aromatic rings. The normalized spacial score (nSPS) is 15.6. The molecular formula is C21H22N2O4S. The van der Waals surface area contributed by atoms with E-state index < -0.39 is 5.91 Å². The van der Waals surface area contributed by atoms with Crippen molar-refractivity contribution in [1.82, 2.24) is 10.9 Å². The van der Waals surface area contributed by atoms with Crippen molar-refractivity contribution in [3.63, 3.8) is 0 Å². The summed E-state index contributed by atoms with van der Waals surface area (Å²) < 4.78 is 10.6. The monoisotopic (exact) mass is 398 g/mol. The van der Waals surface area contributed by atoms with Crippen molar-refractivity contribution in [2.45, 2.75) is 38.5 Å². The number of rotatable bonds is 3. The molecule has 6 nitrogen and oxygen atoms in total. The van der Waals surface area contributed by atoms with Gasteiger partial charge in [0.05, 0.1) is 4.88 Å². The first kappa shape index (κ1) is 18.6. The summed E-state index contributed by atoms with van der Waals surface area (Å²) in [5.74, 6) is 0.672. The van der Waals surface area contributed by atoms with Crippen LogP contribution in [0.15, 0.2) is 30.3 Å². The quantitative estimate of drug-likeness (QED) is 0.612. The third-order valence-corrected chi connectivity index (χ3v) is 6.08. The van der Waals surface area contributed by atoms with Gasteiger partial charge >= 0.3 is 0 Å². The van der Waals surface area contributed by atoms with Crippen LogP contribution >= 0.6 is 11.3 Å². The van der Waals surface area contributed by atoms with Gasteiger partial charge in [0.1, 0.15) is 0 Å². The van der Waals surface area contributed by atoms with E-state index in [0.29, 0.717) is 16.4 Å². The largest absolute Gasteiger partial charge is 0.454 e. The average molecular weight is 398 g/mol. The Bertz CT molecular complexity index is 894. The number of aryl methyl sites for hydroxylation is 2. The second kappa shape index (κ2) is 8.48. The van der Waals surface area contributed by atoms with Gasteiger partial charge in [-0.05, 0) is 61.1 Å². The molecule has 0 atom stereocenters. The number of carbonyl (C=O) groups is 2. The Kier molecular flexibility index (Phi) is 5.62. The first-order valence-electron chi connectivity index (χ1n) is 9.49. The summed E-state index contributed by atoms with van der Waals surface area (Å²) in [4.78, 5) is 26.3. The number of thiophene rings is 1. The van der Waals surface area contributed by atoms with Gasteiger partial charge in [-0.15, -0.1) is 11.3 Å². The van der Waals surface area contributed by atoms with Gasteiger partial charge in [-0.2, -0.15) is 0 Å². The van der Waals surface area contributed by atoms with Crippen molar-refractivity contribution in [3.8, 4) is 11.5 Å². The molecule has 1 aliphatic carbocycles. The SMILES string of the molecule is O=C(/C=C/c1ccc2c(c1)OCO2)NNC(=O)c1cc2c(s1)CCCCCC2. The van der Waals surface area contributed by atoms with Crippen LogP contribution < -0.4 is 20.3 Å². The number of amides is 2. The van der Waals surface area contributed by atoms with Crippen LogP contribution in [0.5, 0.6) is 11.5 Å². The molecule has 2 aliphatic rings. The van der Waals surface area contributed by atoms with Crippen molar-refractivity contribution < 1.29 is 19.1 Å². The third kappa shape index (κ3) is 4.36. The van der Waals surface area contributed by atoms with Crippen LogP contribution in [0.1, 0.15) is 51.4 Å². The highest BCUT2D eigenvalue weighted by atomic mass is 32.1. The molecule has 28 heavy (non-hydrogen) atoms. The Labute approximate surface area is 167 Å². The van der Waals surface area contributed by atoms with Crippen molar-refractivity contribution in [2.24, 2.45) is 0 Å². The molecule has 0 spiro atoms. The van der Waals surface area contributed by atoms with Gasteiger partial charge < -0.3 is 9.47 Å². The topological polar surface area (TPSA) is 76.7 Å². The fraction of sp³-hybridized carbons (Fsp3) is 0.333. The van der Waals surface area contributed by atoms with Gasteiger partial charge in [-0.1, -0.05) is 18.9 Å². The first-order valence-corrected chi connectivity index (χ1v) is 10.3. The molecule has 0 saturated carbocycles. The lowest BCUT2D eigenvalue weighted by molar-refractivity contribution is -0.117. The molecule has 1 aliphatic heterocycles. The number of hydrogen-bond donors (Lipinski definition) is 2. The molecule has 0 unspecified atom stereocenters. The van der Waals surface area contributed by atoms with Gasteiger partial charge in [0.2, 0.25) is 6.79 Å². The maximum atomic E-state index is 12.4. The van der Waals surface area contributed by atoms with Crippen molar-refractivity contribution in [1.29, 1.82) is 0 Å². The van der Waals surface area contributed by atoms with E-state index in [1.165, 1.54) is 53.5 Å². The van der Waals surface area contributed by atoms with Crippen LogP contribution in [0.4, 0.5) is 0 Å². The Morgan fingerprint density at radius 1 is 0.964 bits per heavy atom. The third-order valence-electron chi connectivity index (χ3n) is 4.84. The molecule has 2 amide bonds. The molecule has 4 rings (SSSR count). The molecule has 0 saturated heterocycles. The highest BCUT2D eigenvalue weighted by molar-refractivity contribution is 7.14. The summed E-state index contributed by atoms with van der Waals surface area (Å²) in [6, 6.07) is 7.39. The Balaban J connectivity index is 1.32. The summed E-state index contributed by atoms with van der Waals surface area (Å²) in [6.07, 6.45) is 9.95. The minimum absolute atomic E-state index is 0.209. The van der Waals surface area contributed by atoms with E-state index in [0.717, 1.165) is 18.4 Å². The highest BCUT2D eigenvalue weighted by Gasteiger charge is 2.16. The van der Waals surface area contributed by atoms with Crippen molar-refractivity contribution >= 4 is 29.2 Å². The predicted octanol–water partition coefficient (Wildman–Crippen LogP) is 3.61. The maximum Gasteiger partial charge on any atom is 0.279 e. The molecule has 0 radical (unpaired) electrons. The van der Waals surface area contributed by atoms with Crippen LogP contribution in [0.2, 0.25) is 0 Å². The molecule has 7 heteroatoms. The molecule has 1 aromatic carbocycles. The van der Waals surface area contributed by atoms with Crippen molar-refractivity contribution in [2.75, 3.05) is 6.79 Å². The maximum absolute atomic E-state index is 12.4. The molecule has 2 heterocycles. The summed E-state index contributed by atoms with van der Waals surface area (Å²) in [5.41, 5.74) is 7.02. The standard InChI is InChI=1S/C21H22N2O4S/c24-20(10-8-14-7-9-16-17(11-14)27-13-26-16)22-23-21(25)19-12-15-5-3-1-2-4-6-18(15)28-19/h7-12H,1-6,13H2,(H,22,24)(H,23,25)/b10-8+. The minimum Gasteiger partial charge on any atom is -0.454 e. The number of hydrogen-bond acceptors (Lipinski definition) is 5. The van der Waals surface area contributed by atoms with E-state index in [4.69, 9.17) is 9.47 Å². The summed E-state index contributed by atoms with van der Waals surface area (Å²) in [5, 5.41) is 0. The number of benzene rings is 1. The minimum atomic E-state index is -0.402. The predicted molar refractivity (Wildman–Crippen MR) is 107 cm³/mol. The molecule has 0 bridgehead atoms. The lowest BCUT2D eigenvalue weighted by atomic mass is 10.00. The smallest absolute Gasteiger partial charge is 0.279 e. The number of hydrazine groups is 1. The fourth-order valence-electron chi connectivity index (χ4n) is 3.37. The second-order valence-electron chi connectivity index (χ2n) is 6.86. The van der Waals surface area contributed by atoms with Crippen LogP contribution in [-0.4, -0.2) is 18.6 Å². The van der Waals surface area contributed by atoms with Gasteiger partial charge in [-0.25, -0.2) is 0 Å². The summed E-state index contributed by atoms with van der Waals surface area (Å²) >= 11 is 1.53. The Morgan fingerprint density at radius 2 is 1.79 bits per heavy atom. The van der Waals surface area contributed by atoms with E-state index in [9.17, 15) is 9.59 Å². The van der Waals surface area contributed by atoms with Gasteiger partial charge in [0.15, 0.2) is 11.5 Å². The highest BCUT2D eigenvalue weighted by Crippen LogP contribution is 2.32. The zero-order chi connectivity index (χ0) is 19.3. The van der Waals surface area contributed by atoms with Crippen LogP contribution in [0.25, 0.3) is 6.08 Å². The van der Waals surface area contributed by atoms with Crippen molar-refractivity contribution in [3.05, 3.63) is 51.2 Å². The lowest BCUT2D eigenvalue weighted by Crippen LogP contribution is -2.40. The molecular weight excluding hydrogens is 376 g/mol. The van der Waals surface area contributed by atoms with E-state index in [-0.39, 0.29) is 12.7 Å². The molecule has 0 fully saturated rings. The number of nitrogens with one attached hydrogen (secondary N) is 2. The summed E-state index contributed by atoms with van der Waals surface area (Å²) in [7, 11) is 0. The molecule has 146 valence electrons. The van der Waals surface area contributed by atoms with E-state index in [2.05, 4.69) is 10.9 Å². The lowest BCUT2D eigenvalue weighted by Gasteiger charge is -2.07. The number of fused-ring (bicyclic) bond motifs is 2. The zero-order valence-electron chi connectivity index (χ0n) is 15.5. The van der Waals surface area contributed by atoms with E-state index >= 15 is 0 Å². The Hall–Kier alpha value is -2.80. The van der Waals surface area contributed by atoms with Gasteiger partial charge in [-0.3, -0.25) is 20.4 Å². The number of ether oxygens (including phenoxy) is 2. The second-order valence-corrected chi connectivity index (χ2v) is 8.00. The fourth-order valence-corrected chi connectivity index (χ4v) is 4.52. The first-order chi connectivity index (χ1) is 13.7. The number of carbonyl (C=O) groups excluding carboxylic acids is 2. The summed E-state index contributed by atoms with van der Waals surface area (Å²) in [6.45, 7) is 0.209. The van der Waals surface area contributed by atoms with Gasteiger partial charge in [0, 0.05) is 11.0 Å². The molecule has 1 aromatic heterocycles. The van der Waals surface area contributed by atoms with Crippen LogP contribution in [0, 0.1) is 0 Å². The zero-order valence-corrected chi connectivity index (χ0v) is 16.3. The Morgan fingerprint density at radius 3 is 2.68 bits per heavy atom. The van der Waals surface area contributed by atoms with E-state index in [1.807, 2.05) is 12.1 Å². The van der Waals surface area contributed by atoms with Crippen LogP contribution in [0.3, 0.4) is 0 Å². The van der Waals surface area contributed by atoms with Crippen LogP contribution in [-0.2, 0) is 17.6 Å². The molecule has 2 N–H and O–H groups in total.